The summed E-state index contributed by atoms with van der Waals surface area (Å²) in [4.78, 5) is 18.4. The van der Waals surface area contributed by atoms with Crippen molar-refractivity contribution in [1.29, 1.82) is 0 Å². The minimum atomic E-state index is -0.259. The van der Waals surface area contributed by atoms with Crippen molar-refractivity contribution in [3.05, 3.63) is 58.6 Å². The van der Waals surface area contributed by atoms with E-state index in [0.29, 0.717) is 22.6 Å². The molecule has 0 aliphatic heterocycles. The average Bonchev–Trinajstić information content (AvgIpc) is 3.48. The summed E-state index contributed by atoms with van der Waals surface area (Å²) < 4.78 is 26.7. The lowest BCUT2D eigenvalue weighted by atomic mass is 10.0. The van der Waals surface area contributed by atoms with E-state index in [1.54, 1.807) is 17.4 Å². The molecule has 0 spiro atoms. The van der Waals surface area contributed by atoms with Crippen molar-refractivity contribution in [2.24, 2.45) is 0 Å². The first-order valence-corrected chi connectivity index (χ1v) is 12.1. The lowest BCUT2D eigenvalue weighted by molar-refractivity contribution is 0.210. The molecule has 0 unspecified atom stereocenters. The minimum absolute atomic E-state index is 0.133. The lowest BCUT2D eigenvalue weighted by Gasteiger charge is -2.20. The molecule has 8 nitrogen and oxygen atoms in total. The summed E-state index contributed by atoms with van der Waals surface area (Å²) in [5.41, 5.74) is 1.17. The van der Waals surface area contributed by atoms with Crippen LogP contribution < -0.4 is 19.6 Å². The van der Waals surface area contributed by atoms with Crippen molar-refractivity contribution in [3.63, 3.8) is 0 Å². The fraction of sp³-hybridized carbons (Fsp3) is 0.269. The Bertz CT molecular complexity index is 1570. The van der Waals surface area contributed by atoms with Gasteiger partial charge < -0.3 is 18.6 Å². The molecule has 0 N–H and O–H groups in total. The van der Waals surface area contributed by atoms with Crippen molar-refractivity contribution < 1.29 is 18.6 Å². The van der Waals surface area contributed by atoms with Gasteiger partial charge >= 0.3 is 0 Å². The molecular formula is C26H25N3O5S. The van der Waals surface area contributed by atoms with Gasteiger partial charge in [0.05, 0.1) is 24.9 Å². The molecule has 0 fully saturated rings. The summed E-state index contributed by atoms with van der Waals surface area (Å²) in [5, 5.41) is 7.43. The zero-order valence-electron chi connectivity index (χ0n) is 20.1. The molecule has 0 radical (unpaired) electrons. The molecular weight excluding hydrogens is 466 g/mol. The summed E-state index contributed by atoms with van der Waals surface area (Å²) in [6.07, 6.45) is 2.55. The zero-order valence-corrected chi connectivity index (χ0v) is 20.9. The smallest absolute Gasteiger partial charge is 0.233 e. The molecule has 3 aromatic heterocycles. The molecule has 0 bridgehead atoms. The number of nitrogens with zero attached hydrogens (tertiary/aromatic N) is 3. The maximum atomic E-state index is 14.3. The van der Waals surface area contributed by atoms with Gasteiger partial charge in [0.25, 0.3) is 0 Å². The Morgan fingerprint density at radius 2 is 1.83 bits per heavy atom. The van der Waals surface area contributed by atoms with Crippen molar-refractivity contribution in [2.75, 3.05) is 7.11 Å². The Balaban J connectivity index is 1.93. The van der Waals surface area contributed by atoms with Crippen LogP contribution in [0.15, 0.2) is 57.6 Å². The molecule has 0 saturated heterocycles. The first-order chi connectivity index (χ1) is 16.9. The molecule has 2 aromatic carbocycles. The summed E-state index contributed by atoms with van der Waals surface area (Å²) in [6.45, 7) is 7.60. The van der Waals surface area contributed by atoms with Gasteiger partial charge in [-0.25, -0.2) is 4.98 Å². The zero-order chi connectivity index (χ0) is 24.7. The average molecular weight is 492 g/mol. The lowest BCUT2D eigenvalue weighted by Crippen LogP contribution is -2.16. The molecule has 0 aliphatic carbocycles. The normalized spacial score (nSPS) is 11.6. The maximum absolute atomic E-state index is 14.3. The molecule has 180 valence electrons. The second kappa shape index (κ2) is 9.07. The highest BCUT2D eigenvalue weighted by molar-refractivity contribution is 7.17. The molecule has 3 heterocycles. The first kappa shape index (κ1) is 22.9. The monoisotopic (exact) mass is 491 g/mol. The van der Waals surface area contributed by atoms with Crippen LogP contribution in [0.5, 0.6) is 17.2 Å². The van der Waals surface area contributed by atoms with Crippen LogP contribution in [0.4, 0.5) is 0 Å². The molecule has 0 saturated carbocycles. The number of benzene rings is 2. The van der Waals surface area contributed by atoms with E-state index in [0.717, 1.165) is 15.6 Å². The van der Waals surface area contributed by atoms with E-state index in [-0.39, 0.29) is 34.7 Å². The Labute approximate surface area is 205 Å². The summed E-state index contributed by atoms with van der Waals surface area (Å²) >= 11 is 1.56. The van der Waals surface area contributed by atoms with E-state index < -0.39 is 0 Å². The van der Waals surface area contributed by atoms with Crippen LogP contribution in [0, 0.1) is 0 Å². The van der Waals surface area contributed by atoms with E-state index in [9.17, 15) is 4.79 Å². The van der Waals surface area contributed by atoms with Crippen LogP contribution in [-0.4, -0.2) is 34.1 Å². The third-order valence-electron chi connectivity index (χ3n) is 5.34. The minimum Gasteiger partial charge on any atom is -0.490 e. The van der Waals surface area contributed by atoms with E-state index >= 15 is 0 Å². The Morgan fingerprint density at radius 3 is 2.51 bits per heavy atom. The van der Waals surface area contributed by atoms with Crippen molar-refractivity contribution in [2.45, 2.75) is 39.9 Å². The fourth-order valence-electron chi connectivity index (χ4n) is 4.03. The number of methoxy groups -OCH3 is 1. The third kappa shape index (κ3) is 4.01. The molecule has 5 rings (SSSR count). The van der Waals surface area contributed by atoms with E-state index in [2.05, 4.69) is 10.1 Å². The summed E-state index contributed by atoms with van der Waals surface area (Å²) in [6, 6.07) is 9.59. The van der Waals surface area contributed by atoms with Crippen molar-refractivity contribution in [1.82, 2.24) is 14.8 Å². The highest BCUT2D eigenvalue weighted by Gasteiger charge is 2.28. The van der Waals surface area contributed by atoms with Crippen molar-refractivity contribution in [3.8, 4) is 34.3 Å². The van der Waals surface area contributed by atoms with Crippen LogP contribution in [0.25, 0.3) is 38.1 Å². The van der Waals surface area contributed by atoms with Gasteiger partial charge in [-0.15, -0.1) is 11.3 Å². The molecule has 0 atom stereocenters. The second-order valence-electron chi connectivity index (χ2n) is 8.54. The number of hydrogen-bond donors (Lipinski definition) is 0. The predicted octanol–water partition coefficient (Wildman–Crippen LogP) is 5.84. The number of aromatic nitrogens is 3. The van der Waals surface area contributed by atoms with Crippen LogP contribution in [0.2, 0.25) is 0 Å². The molecule has 0 aliphatic rings. The van der Waals surface area contributed by atoms with E-state index in [1.807, 2.05) is 57.3 Å². The number of fused-ring (bicyclic) bond motifs is 2. The molecule has 0 amide bonds. The third-order valence-corrected chi connectivity index (χ3v) is 6.30. The van der Waals surface area contributed by atoms with Gasteiger partial charge in [0.15, 0.2) is 11.5 Å². The summed E-state index contributed by atoms with van der Waals surface area (Å²) in [5.74, 6) is 1.32. The molecule has 5 aromatic rings. The van der Waals surface area contributed by atoms with Gasteiger partial charge in [0.1, 0.15) is 23.6 Å². The summed E-state index contributed by atoms with van der Waals surface area (Å²) in [7, 11) is 1.53. The number of ether oxygens (including phenoxy) is 3. The maximum Gasteiger partial charge on any atom is 0.233 e. The molecule has 9 heteroatoms. The van der Waals surface area contributed by atoms with E-state index in [1.165, 1.54) is 24.4 Å². The second-order valence-corrected chi connectivity index (χ2v) is 9.45. The van der Waals surface area contributed by atoms with Crippen LogP contribution in [0.3, 0.4) is 0 Å². The largest absolute Gasteiger partial charge is 0.490 e. The predicted molar refractivity (Wildman–Crippen MR) is 136 cm³/mol. The Morgan fingerprint density at radius 1 is 1.06 bits per heavy atom. The standard InChI is InChI=1S/C26H25N3O5S/c1-14(2)32-19-10-18-22(25(24(19)31-5)33-15(3)4)23(30)21(26(34-18)29-13-27-12-28-29)17-11-35-20-9-7-6-8-16(17)20/h6-15H,1-5H3. The van der Waals surface area contributed by atoms with Gasteiger partial charge in [-0.2, -0.15) is 9.78 Å². The highest BCUT2D eigenvalue weighted by atomic mass is 32.1. The Hall–Kier alpha value is -3.85. The van der Waals surface area contributed by atoms with Crippen molar-refractivity contribution >= 4 is 32.4 Å². The SMILES string of the molecule is COc1c(OC(C)C)cc2oc(-n3cncn3)c(-c3csc4ccccc34)c(=O)c2c1OC(C)C. The molecule has 35 heavy (non-hydrogen) atoms. The quantitative estimate of drug-likeness (QED) is 0.283. The van der Waals surface area contributed by atoms with E-state index in [4.69, 9.17) is 18.6 Å². The van der Waals surface area contributed by atoms with Gasteiger partial charge in [-0.05, 0) is 33.8 Å². The van der Waals surface area contributed by atoms with Crippen LogP contribution in [0.1, 0.15) is 27.7 Å². The number of thiophene rings is 1. The van der Waals surface area contributed by atoms with Gasteiger partial charge in [-0.3, -0.25) is 4.79 Å². The topological polar surface area (TPSA) is 88.6 Å². The number of rotatable bonds is 7. The fourth-order valence-corrected chi connectivity index (χ4v) is 4.98. The van der Waals surface area contributed by atoms with Gasteiger partial charge in [-0.1, -0.05) is 18.2 Å². The first-order valence-electron chi connectivity index (χ1n) is 11.3. The Kier molecular flexibility index (Phi) is 5.94. The van der Waals surface area contributed by atoms with Crippen LogP contribution >= 0.6 is 11.3 Å². The number of hydrogen-bond acceptors (Lipinski definition) is 8. The van der Waals surface area contributed by atoms with Gasteiger partial charge in [0, 0.05) is 27.1 Å². The van der Waals surface area contributed by atoms with Crippen LogP contribution in [-0.2, 0) is 0 Å². The van der Waals surface area contributed by atoms with Gasteiger partial charge in [0.2, 0.25) is 17.1 Å². The highest BCUT2D eigenvalue weighted by Crippen LogP contribution is 2.45.